The number of carbonyl (C=O) groups excluding carboxylic acids is 2. The van der Waals surface area contributed by atoms with Gasteiger partial charge in [0.25, 0.3) is 11.8 Å². The van der Waals surface area contributed by atoms with Crippen LogP contribution in [-0.4, -0.2) is 66.0 Å². The van der Waals surface area contributed by atoms with Crippen LogP contribution >= 0.6 is 34.7 Å². The Labute approximate surface area is 192 Å². The van der Waals surface area contributed by atoms with Crippen molar-refractivity contribution in [1.82, 2.24) is 20.4 Å². The van der Waals surface area contributed by atoms with Gasteiger partial charge >= 0.3 is 5.97 Å². The molecule has 2 aromatic heterocycles. The number of hydrogen-bond acceptors (Lipinski definition) is 11. The molecule has 1 fully saturated rings. The van der Waals surface area contributed by atoms with Crippen LogP contribution in [0.4, 0.5) is 5.13 Å². The van der Waals surface area contributed by atoms with Crippen molar-refractivity contribution in [3.8, 4) is 0 Å². The Hall–Kier alpha value is -3.36. The van der Waals surface area contributed by atoms with Crippen LogP contribution in [0.1, 0.15) is 11.5 Å². The van der Waals surface area contributed by atoms with Gasteiger partial charge in [-0.2, -0.15) is 0 Å². The van der Waals surface area contributed by atoms with E-state index in [4.69, 9.17) is 21.9 Å². The zero-order valence-corrected chi connectivity index (χ0v) is 18.1. The number of fused-ring (bicyclic) bond motifs is 1. The molecule has 32 heavy (non-hydrogen) atoms. The van der Waals surface area contributed by atoms with Gasteiger partial charge in [-0.3, -0.25) is 14.5 Å². The largest absolute Gasteiger partial charge is 0.477 e. The number of aliphatic carboxylic acids is 1. The first-order chi connectivity index (χ1) is 15.3. The summed E-state index contributed by atoms with van der Waals surface area (Å²) in [6.07, 6.45) is 3.00. The van der Waals surface area contributed by atoms with Crippen molar-refractivity contribution in [3.63, 3.8) is 0 Å². The molecule has 15 heteroatoms. The third-order valence-corrected chi connectivity index (χ3v) is 6.67. The van der Waals surface area contributed by atoms with Crippen molar-refractivity contribution in [3.05, 3.63) is 45.4 Å². The number of oxime groups is 1. The topological polar surface area (TPSA) is 184 Å². The highest BCUT2D eigenvalue weighted by molar-refractivity contribution is 8.00. The maximum absolute atomic E-state index is 12.7. The number of nitrogens with two attached hydrogens (primary N) is 1. The molecule has 1 saturated heterocycles. The Balaban J connectivity index is 1.52. The Bertz CT molecular complexity index is 1200. The molecule has 0 unspecified atom stereocenters. The van der Waals surface area contributed by atoms with Crippen molar-refractivity contribution in [1.29, 1.82) is 0 Å². The fourth-order valence-corrected chi connectivity index (χ4v) is 5.13. The molecule has 2 aromatic rings. The highest BCUT2D eigenvalue weighted by Crippen LogP contribution is 2.40. The van der Waals surface area contributed by atoms with Gasteiger partial charge in [-0.1, -0.05) is 28.0 Å². The number of thioether (sulfide) groups is 1. The molecule has 12 nitrogen and oxygen atoms in total. The third-order valence-electron chi connectivity index (χ3n) is 4.52. The van der Waals surface area contributed by atoms with E-state index in [0.29, 0.717) is 11.3 Å². The number of nitrogen functional groups attached to an aromatic ring is 1. The number of thiazole rings is 1. The van der Waals surface area contributed by atoms with E-state index in [9.17, 15) is 24.7 Å². The fraction of sp³-hybridized carbons (Fsp3) is 0.176. The number of hydrogen-bond donors (Lipinski definition) is 4. The summed E-state index contributed by atoms with van der Waals surface area (Å²) in [6.45, 7) is 0. The lowest BCUT2D eigenvalue weighted by Gasteiger charge is -2.49. The van der Waals surface area contributed by atoms with Gasteiger partial charge in [0, 0.05) is 17.2 Å². The summed E-state index contributed by atoms with van der Waals surface area (Å²) < 4.78 is 4.95. The standard InChI is InChI=1S/C17H13ClN6O6S2/c18-9-3-7(30-23-9)2-1-6-4-31-15-11(14(26)24(15)12(6)16(27)28)21-13(25)10(22-29)8-5-32-17(19)20-8/h1-3,5,11,15,29H,4H2,(H2,19,20)(H,21,25)(H,27,28)/b2-1+,22-10-/t11-,15-/m1/s1. The van der Waals surface area contributed by atoms with E-state index in [0.717, 1.165) is 16.2 Å². The molecule has 0 bridgehead atoms. The first kappa shape index (κ1) is 21.9. The minimum atomic E-state index is -1.29. The zero-order chi connectivity index (χ0) is 23.0. The number of β-lactam (4-membered cyclic amide) rings is 1. The van der Waals surface area contributed by atoms with Crippen molar-refractivity contribution in [2.24, 2.45) is 5.16 Å². The van der Waals surface area contributed by atoms with Crippen molar-refractivity contribution < 1.29 is 29.2 Å². The molecule has 4 rings (SSSR count). The van der Waals surface area contributed by atoms with Gasteiger partial charge in [0.2, 0.25) is 0 Å². The van der Waals surface area contributed by atoms with Gasteiger partial charge in [0.15, 0.2) is 21.8 Å². The lowest BCUT2D eigenvalue weighted by atomic mass is 10.0. The van der Waals surface area contributed by atoms with Crippen molar-refractivity contribution in [2.75, 3.05) is 11.5 Å². The van der Waals surface area contributed by atoms with Crippen LogP contribution in [0.25, 0.3) is 6.08 Å². The molecule has 2 aliphatic heterocycles. The highest BCUT2D eigenvalue weighted by atomic mass is 35.5. The van der Waals surface area contributed by atoms with E-state index in [1.165, 1.54) is 35.4 Å². The van der Waals surface area contributed by atoms with E-state index in [2.05, 4.69) is 20.6 Å². The normalized spacial score (nSPS) is 21.0. The molecule has 5 N–H and O–H groups in total. The third kappa shape index (κ3) is 3.94. The summed E-state index contributed by atoms with van der Waals surface area (Å²) in [5.74, 6) is -2.18. The maximum atomic E-state index is 12.7. The number of carbonyl (C=O) groups is 3. The molecule has 2 amide bonds. The number of nitrogens with zero attached hydrogens (tertiary/aromatic N) is 4. The summed E-state index contributed by atoms with van der Waals surface area (Å²) in [5.41, 5.74) is 5.35. The number of rotatable bonds is 6. The van der Waals surface area contributed by atoms with Crippen LogP contribution in [0.15, 0.2) is 38.5 Å². The fourth-order valence-electron chi connectivity index (χ4n) is 3.12. The van der Waals surface area contributed by atoms with Crippen LogP contribution in [0.3, 0.4) is 0 Å². The molecule has 0 aliphatic carbocycles. The average molecular weight is 497 g/mol. The molecule has 0 aromatic carbocycles. The summed E-state index contributed by atoms with van der Waals surface area (Å²) in [7, 11) is 0. The van der Waals surface area contributed by atoms with Crippen LogP contribution < -0.4 is 11.1 Å². The van der Waals surface area contributed by atoms with E-state index in [1.807, 2.05) is 0 Å². The summed E-state index contributed by atoms with van der Waals surface area (Å²) in [4.78, 5) is 42.1. The maximum Gasteiger partial charge on any atom is 0.352 e. The van der Waals surface area contributed by atoms with Crippen LogP contribution in [0.2, 0.25) is 5.15 Å². The summed E-state index contributed by atoms with van der Waals surface area (Å²) >= 11 is 8.01. The molecular formula is C17H13ClN6O6S2. The lowest BCUT2D eigenvalue weighted by molar-refractivity contribution is -0.150. The first-order valence-corrected chi connectivity index (χ1v) is 11.1. The molecule has 2 atom stereocenters. The minimum Gasteiger partial charge on any atom is -0.477 e. The Morgan fingerprint density at radius 3 is 2.81 bits per heavy atom. The van der Waals surface area contributed by atoms with E-state index >= 15 is 0 Å². The zero-order valence-electron chi connectivity index (χ0n) is 15.8. The Morgan fingerprint density at radius 2 is 2.22 bits per heavy atom. The SMILES string of the molecule is Nc1nc(/C(=N/O)C(=O)N[C@@H]2C(=O)N3C(C(=O)O)=C(/C=C/c4cc(Cl)no4)CS[C@H]23)cs1. The number of aromatic nitrogens is 2. The first-order valence-electron chi connectivity index (χ1n) is 8.76. The van der Waals surface area contributed by atoms with Crippen molar-refractivity contribution >= 4 is 69.4 Å². The molecule has 0 radical (unpaired) electrons. The molecule has 4 heterocycles. The number of allylic oxidation sites excluding steroid dienone is 1. The predicted octanol–water partition coefficient (Wildman–Crippen LogP) is 0.997. The van der Waals surface area contributed by atoms with Gasteiger partial charge in [-0.05, 0) is 11.6 Å². The molecule has 166 valence electrons. The summed E-state index contributed by atoms with van der Waals surface area (Å²) in [5, 5.41) is 28.9. The quantitative estimate of drug-likeness (QED) is 0.194. The second-order valence-electron chi connectivity index (χ2n) is 6.44. The van der Waals surface area contributed by atoms with Gasteiger partial charge in [-0.25, -0.2) is 9.78 Å². The van der Waals surface area contributed by atoms with Gasteiger partial charge in [0.05, 0.1) is 0 Å². The predicted molar refractivity (Wildman–Crippen MR) is 115 cm³/mol. The number of anilines is 1. The molecular weight excluding hydrogens is 484 g/mol. The van der Waals surface area contributed by atoms with Crippen LogP contribution in [0.5, 0.6) is 0 Å². The van der Waals surface area contributed by atoms with E-state index in [-0.39, 0.29) is 27.4 Å². The number of halogens is 1. The second-order valence-corrected chi connectivity index (χ2v) is 8.83. The van der Waals surface area contributed by atoms with Crippen molar-refractivity contribution in [2.45, 2.75) is 11.4 Å². The van der Waals surface area contributed by atoms with Gasteiger partial charge in [-0.15, -0.1) is 23.1 Å². The van der Waals surface area contributed by atoms with Gasteiger partial charge < -0.3 is 25.9 Å². The van der Waals surface area contributed by atoms with E-state index < -0.39 is 34.9 Å². The lowest BCUT2D eigenvalue weighted by Crippen LogP contribution is -2.71. The van der Waals surface area contributed by atoms with E-state index in [1.54, 1.807) is 0 Å². The number of nitrogens with one attached hydrogen (secondary N) is 1. The Morgan fingerprint density at radius 1 is 1.44 bits per heavy atom. The number of amides is 2. The highest BCUT2D eigenvalue weighted by Gasteiger charge is 2.54. The van der Waals surface area contributed by atoms with Crippen LogP contribution in [-0.2, 0) is 14.4 Å². The Kier molecular flexibility index (Phi) is 5.90. The molecule has 0 spiro atoms. The number of carboxylic acid groups (broad SMARTS) is 1. The minimum absolute atomic E-state index is 0.0542. The van der Waals surface area contributed by atoms with Crippen LogP contribution in [0, 0.1) is 0 Å². The summed E-state index contributed by atoms with van der Waals surface area (Å²) in [6, 6.07) is 0.447. The van der Waals surface area contributed by atoms with Gasteiger partial charge in [0.1, 0.15) is 22.8 Å². The molecule has 0 saturated carbocycles. The smallest absolute Gasteiger partial charge is 0.352 e. The number of carboxylic acids is 1. The average Bonchev–Trinajstić information content (AvgIpc) is 3.38. The monoisotopic (exact) mass is 496 g/mol. The second kappa shape index (κ2) is 8.64. The molecule has 2 aliphatic rings.